The van der Waals surface area contributed by atoms with Crippen molar-refractivity contribution in [3.63, 3.8) is 0 Å². The van der Waals surface area contributed by atoms with Crippen molar-refractivity contribution >= 4 is 10.1 Å². The van der Waals surface area contributed by atoms with Gasteiger partial charge in [0.1, 0.15) is 5.75 Å². The summed E-state index contributed by atoms with van der Waals surface area (Å²) in [5.74, 6) is -0.323. The van der Waals surface area contributed by atoms with Crippen molar-refractivity contribution in [3.05, 3.63) is 11.1 Å². The van der Waals surface area contributed by atoms with Gasteiger partial charge >= 0.3 is 10.1 Å². The molecule has 0 spiro atoms. The first-order valence-electron chi connectivity index (χ1n) is 11.7. The molecule has 1 aromatic rings. The van der Waals surface area contributed by atoms with E-state index in [2.05, 4.69) is 62.3 Å². The average molecular weight is 487 g/mol. The normalized spacial score (nSPS) is 15.9. The minimum atomic E-state index is -4.75. The molecular formula is C26H46O6S. The van der Waals surface area contributed by atoms with E-state index < -0.39 is 15.0 Å². The van der Waals surface area contributed by atoms with Crippen LogP contribution >= 0.6 is 0 Å². The molecule has 0 aliphatic heterocycles. The summed E-state index contributed by atoms with van der Waals surface area (Å²) in [4.78, 5) is -0.523. The summed E-state index contributed by atoms with van der Waals surface area (Å²) in [5, 5.41) is 11.1. The predicted molar refractivity (Wildman–Crippen MR) is 134 cm³/mol. The molecule has 0 aliphatic rings. The van der Waals surface area contributed by atoms with Crippen molar-refractivity contribution in [3.8, 4) is 17.2 Å². The van der Waals surface area contributed by atoms with E-state index >= 15 is 0 Å². The van der Waals surface area contributed by atoms with E-state index in [1.165, 1.54) is 14.2 Å². The molecule has 6 nitrogen and oxygen atoms in total. The van der Waals surface area contributed by atoms with Crippen molar-refractivity contribution in [2.75, 3.05) is 14.2 Å². The number of phenolic OH excluding ortho intramolecular Hbond substituents is 1. The molecular weight excluding hydrogens is 440 g/mol. The van der Waals surface area contributed by atoms with Crippen molar-refractivity contribution in [1.29, 1.82) is 0 Å². The molecule has 33 heavy (non-hydrogen) atoms. The van der Waals surface area contributed by atoms with Gasteiger partial charge in [0, 0.05) is 11.1 Å². The Morgan fingerprint density at radius 1 is 0.970 bits per heavy atom. The lowest BCUT2D eigenvalue weighted by molar-refractivity contribution is 0.0608. The van der Waals surface area contributed by atoms with E-state index in [1.54, 1.807) is 6.92 Å². The smallest absolute Gasteiger partial charge is 0.302 e. The van der Waals surface area contributed by atoms with Crippen LogP contribution in [0.25, 0.3) is 0 Å². The predicted octanol–water partition coefficient (Wildman–Crippen LogP) is 6.97. The van der Waals surface area contributed by atoms with E-state index in [9.17, 15) is 18.1 Å². The minimum absolute atomic E-state index is 0.00969. The maximum Gasteiger partial charge on any atom is 0.302 e. The number of ether oxygens (including phenoxy) is 2. The van der Waals surface area contributed by atoms with Crippen LogP contribution in [-0.2, 0) is 10.1 Å². The molecule has 0 bridgehead atoms. The quantitative estimate of drug-likeness (QED) is 0.347. The third-order valence-electron chi connectivity index (χ3n) is 6.73. The Morgan fingerprint density at radius 2 is 1.45 bits per heavy atom. The SMILES string of the molecule is CCC(C)(CC(C)C)C(c1c(C)c(O)c(OC)c(S(=O)(=O)O)c1OC)C(C)(C)CC(C)(C)C. The summed E-state index contributed by atoms with van der Waals surface area (Å²) in [6.45, 7) is 21.5. The Kier molecular flexibility index (Phi) is 8.98. The molecule has 2 atom stereocenters. The molecule has 0 saturated heterocycles. The van der Waals surface area contributed by atoms with Gasteiger partial charge in [0.15, 0.2) is 16.4 Å². The van der Waals surface area contributed by atoms with Gasteiger partial charge < -0.3 is 14.6 Å². The van der Waals surface area contributed by atoms with E-state index in [0.717, 1.165) is 19.3 Å². The molecule has 1 aromatic carbocycles. The lowest BCUT2D eigenvalue weighted by atomic mass is 9.54. The zero-order valence-electron chi connectivity index (χ0n) is 22.7. The Labute approximate surface area is 201 Å². The van der Waals surface area contributed by atoms with Gasteiger partial charge in [-0.05, 0) is 47.8 Å². The molecule has 2 N–H and O–H groups in total. The maximum absolute atomic E-state index is 12.5. The fourth-order valence-corrected chi connectivity index (χ4v) is 7.17. The highest BCUT2D eigenvalue weighted by Crippen LogP contribution is 2.61. The van der Waals surface area contributed by atoms with Crippen LogP contribution in [0.3, 0.4) is 0 Å². The largest absolute Gasteiger partial charge is 0.504 e. The van der Waals surface area contributed by atoms with E-state index in [4.69, 9.17) is 9.47 Å². The number of methoxy groups -OCH3 is 2. The van der Waals surface area contributed by atoms with Gasteiger partial charge in [0.2, 0.25) is 0 Å². The van der Waals surface area contributed by atoms with Crippen LogP contribution in [0.2, 0.25) is 0 Å². The molecule has 0 fully saturated rings. The topological polar surface area (TPSA) is 93.1 Å². The minimum Gasteiger partial charge on any atom is -0.504 e. The van der Waals surface area contributed by atoms with E-state index in [-0.39, 0.29) is 39.4 Å². The standard InChI is InChI=1S/C26H46O6S/c1-13-26(10,14-16(2)3)23(25(8,9)15-24(5,6)7)18-17(4)19(27)21(32-12)22(20(18)31-11)33(28,29)30/h16,23,27H,13-15H2,1-12H3,(H,28,29,30). The first kappa shape index (κ1) is 29.6. The molecule has 2 unspecified atom stereocenters. The van der Waals surface area contributed by atoms with Crippen LogP contribution in [0.4, 0.5) is 0 Å². The van der Waals surface area contributed by atoms with Crippen molar-refractivity contribution < 1.29 is 27.6 Å². The zero-order valence-corrected chi connectivity index (χ0v) is 23.5. The van der Waals surface area contributed by atoms with E-state index in [1.807, 2.05) is 0 Å². The summed E-state index contributed by atoms with van der Waals surface area (Å²) < 4.78 is 46.0. The molecule has 1 rings (SSSR count). The van der Waals surface area contributed by atoms with Gasteiger partial charge in [-0.1, -0.05) is 68.7 Å². The first-order chi connectivity index (χ1) is 14.8. The number of hydrogen-bond donors (Lipinski definition) is 2. The molecule has 0 aromatic heterocycles. The summed E-state index contributed by atoms with van der Waals surface area (Å²) in [6, 6.07) is 0. The number of benzene rings is 1. The Morgan fingerprint density at radius 3 is 1.79 bits per heavy atom. The summed E-state index contributed by atoms with van der Waals surface area (Å²) in [7, 11) is -2.10. The van der Waals surface area contributed by atoms with Gasteiger partial charge in [-0.3, -0.25) is 4.55 Å². The fraction of sp³-hybridized carbons (Fsp3) is 0.769. The van der Waals surface area contributed by atoms with Crippen molar-refractivity contribution in [1.82, 2.24) is 0 Å². The fourth-order valence-electron chi connectivity index (χ4n) is 6.33. The lowest BCUT2D eigenvalue weighted by Gasteiger charge is -2.50. The van der Waals surface area contributed by atoms with Crippen LogP contribution in [0.5, 0.6) is 17.2 Å². The van der Waals surface area contributed by atoms with Gasteiger partial charge in [0.05, 0.1) is 14.2 Å². The van der Waals surface area contributed by atoms with Crippen LogP contribution in [0, 0.1) is 29.1 Å². The second-order valence-electron chi connectivity index (χ2n) is 12.0. The monoisotopic (exact) mass is 486 g/mol. The third-order valence-corrected chi connectivity index (χ3v) is 7.62. The Balaban J connectivity index is 4.30. The average Bonchev–Trinajstić information content (AvgIpc) is 2.61. The number of hydrogen-bond acceptors (Lipinski definition) is 5. The molecule has 192 valence electrons. The Bertz CT molecular complexity index is 941. The van der Waals surface area contributed by atoms with Gasteiger partial charge in [0.25, 0.3) is 0 Å². The van der Waals surface area contributed by atoms with Crippen LogP contribution in [0.15, 0.2) is 4.90 Å². The third kappa shape index (κ3) is 6.36. The summed E-state index contributed by atoms with van der Waals surface area (Å²) in [5.41, 5.74) is 0.594. The highest BCUT2D eigenvalue weighted by atomic mass is 32.2. The molecule has 7 heteroatoms. The first-order valence-corrected chi connectivity index (χ1v) is 13.2. The van der Waals surface area contributed by atoms with Crippen molar-refractivity contribution in [2.24, 2.45) is 22.2 Å². The molecule has 0 heterocycles. The lowest BCUT2D eigenvalue weighted by Crippen LogP contribution is -2.40. The number of phenols is 1. The number of aromatic hydroxyl groups is 1. The maximum atomic E-state index is 12.5. The molecule has 0 aliphatic carbocycles. The van der Waals surface area contributed by atoms with Crippen LogP contribution < -0.4 is 9.47 Å². The second kappa shape index (κ2) is 10.0. The van der Waals surface area contributed by atoms with Gasteiger partial charge in [-0.25, -0.2) is 0 Å². The highest BCUT2D eigenvalue weighted by molar-refractivity contribution is 7.86. The molecule has 0 amide bonds. The van der Waals surface area contributed by atoms with Crippen molar-refractivity contribution in [2.45, 2.75) is 99.3 Å². The zero-order chi connectivity index (χ0) is 26.2. The molecule has 0 radical (unpaired) electrons. The van der Waals surface area contributed by atoms with Gasteiger partial charge in [-0.2, -0.15) is 8.42 Å². The van der Waals surface area contributed by atoms with E-state index in [0.29, 0.717) is 17.0 Å². The van der Waals surface area contributed by atoms with Crippen LogP contribution in [-0.4, -0.2) is 32.3 Å². The Hall–Kier alpha value is -1.47. The summed E-state index contributed by atoms with van der Waals surface area (Å²) in [6.07, 6.45) is 2.60. The molecule has 0 saturated carbocycles. The number of rotatable bonds is 10. The summed E-state index contributed by atoms with van der Waals surface area (Å²) >= 11 is 0. The highest BCUT2D eigenvalue weighted by Gasteiger charge is 2.48. The van der Waals surface area contributed by atoms with Gasteiger partial charge in [-0.15, -0.1) is 0 Å². The second-order valence-corrected chi connectivity index (χ2v) is 13.4. The van der Waals surface area contributed by atoms with Crippen LogP contribution in [0.1, 0.15) is 98.6 Å².